The third-order valence-corrected chi connectivity index (χ3v) is 2.37. The number of hydrogen-bond acceptors (Lipinski definition) is 1. The van der Waals surface area contributed by atoms with E-state index in [9.17, 15) is 0 Å². The van der Waals surface area contributed by atoms with Crippen LogP contribution in [0.4, 0.5) is 0 Å². The van der Waals surface area contributed by atoms with Crippen LogP contribution >= 0.6 is 0 Å². The Morgan fingerprint density at radius 3 is 1.50 bits per heavy atom. The second-order valence-electron chi connectivity index (χ2n) is 3.90. The first kappa shape index (κ1) is 9.36. The van der Waals surface area contributed by atoms with Gasteiger partial charge in [0.05, 0.1) is 0 Å². The van der Waals surface area contributed by atoms with Crippen LogP contribution in [0.3, 0.4) is 0 Å². The molecule has 0 aromatic heterocycles. The number of guanidine groups is 1. The number of nitrogens with zero attached hydrogens (tertiary/aromatic N) is 2. The molecule has 0 unspecified atom stereocenters. The minimum absolute atomic E-state index is 0.459. The molecule has 0 amide bonds. The SMILES string of the molecule is CC(C)N1CCN(C(C)C)C1=N. The fourth-order valence-electron chi connectivity index (χ4n) is 1.60. The summed E-state index contributed by atoms with van der Waals surface area (Å²) < 4.78 is 0. The maximum absolute atomic E-state index is 7.88. The molecule has 0 radical (unpaired) electrons. The smallest absolute Gasteiger partial charge is 0.194 e. The van der Waals surface area contributed by atoms with Gasteiger partial charge in [0.1, 0.15) is 0 Å². The van der Waals surface area contributed by atoms with Crippen molar-refractivity contribution in [1.82, 2.24) is 9.80 Å². The minimum Gasteiger partial charge on any atom is -0.339 e. The Labute approximate surface area is 74.9 Å². The van der Waals surface area contributed by atoms with Gasteiger partial charge in [0.25, 0.3) is 0 Å². The van der Waals surface area contributed by atoms with Gasteiger partial charge in [-0.05, 0) is 27.7 Å². The van der Waals surface area contributed by atoms with Gasteiger partial charge in [-0.2, -0.15) is 0 Å². The van der Waals surface area contributed by atoms with Crippen molar-refractivity contribution < 1.29 is 0 Å². The summed E-state index contributed by atoms with van der Waals surface area (Å²) in [6.07, 6.45) is 0. The van der Waals surface area contributed by atoms with E-state index in [1.807, 2.05) is 0 Å². The van der Waals surface area contributed by atoms with Crippen LogP contribution in [0.2, 0.25) is 0 Å². The summed E-state index contributed by atoms with van der Waals surface area (Å²) in [5, 5.41) is 7.88. The standard InChI is InChI=1S/C9H19N3/c1-7(2)11-5-6-12(8(3)4)9(11)10/h7-8,10H,5-6H2,1-4H3. The molecular weight excluding hydrogens is 150 g/mol. The highest BCUT2D eigenvalue weighted by atomic mass is 15.4. The lowest BCUT2D eigenvalue weighted by Gasteiger charge is -2.26. The Morgan fingerprint density at radius 1 is 1.00 bits per heavy atom. The van der Waals surface area contributed by atoms with Crippen molar-refractivity contribution in [2.75, 3.05) is 13.1 Å². The third kappa shape index (κ3) is 1.54. The topological polar surface area (TPSA) is 30.3 Å². The summed E-state index contributed by atoms with van der Waals surface area (Å²) in [5.74, 6) is 0.694. The Hall–Kier alpha value is -0.730. The predicted molar refractivity (Wildman–Crippen MR) is 51.4 cm³/mol. The van der Waals surface area contributed by atoms with Gasteiger partial charge in [-0.1, -0.05) is 0 Å². The van der Waals surface area contributed by atoms with Gasteiger partial charge in [-0.15, -0.1) is 0 Å². The Bertz CT molecular complexity index is 157. The summed E-state index contributed by atoms with van der Waals surface area (Å²) in [7, 11) is 0. The van der Waals surface area contributed by atoms with E-state index in [0.717, 1.165) is 13.1 Å². The molecule has 1 rings (SSSR count). The molecule has 3 nitrogen and oxygen atoms in total. The average molecular weight is 169 g/mol. The first-order chi connectivity index (χ1) is 5.54. The minimum atomic E-state index is 0.459. The fourth-order valence-corrected chi connectivity index (χ4v) is 1.60. The van der Waals surface area contributed by atoms with Crippen LogP contribution in [-0.4, -0.2) is 40.9 Å². The first-order valence-electron chi connectivity index (χ1n) is 4.66. The van der Waals surface area contributed by atoms with Crippen LogP contribution in [0, 0.1) is 5.41 Å². The van der Waals surface area contributed by atoms with Crippen molar-refractivity contribution in [3.63, 3.8) is 0 Å². The fraction of sp³-hybridized carbons (Fsp3) is 0.889. The van der Waals surface area contributed by atoms with Crippen LogP contribution in [-0.2, 0) is 0 Å². The molecule has 3 heteroatoms. The molecule has 0 aromatic rings. The Kier molecular flexibility index (Phi) is 2.60. The van der Waals surface area contributed by atoms with Gasteiger partial charge in [-0.3, -0.25) is 5.41 Å². The van der Waals surface area contributed by atoms with E-state index in [2.05, 4.69) is 37.5 Å². The molecule has 1 aliphatic heterocycles. The maximum Gasteiger partial charge on any atom is 0.194 e. The highest BCUT2D eigenvalue weighted by Gasteiger charge is 2.27. The highest BCUT2D eigenvalue weighted by molar-refractivity contribution is 5.79. The van der Waals surface area contributed by atoms with E-state index in [1.54, 1.807) is 0 Å². The van der Waals surface area contributed by atoms with Gasteiger partial charge in [-0.25, -0.2) is 0 Å². The van der Waals surface area contributed by atoms with Crippen LogP contribution in [0.1, 0.15) is 27.7 Å². The maximum atomic E-state index is 7.88. The quantitative estimate of drug-likeness (QED) is 0.676. The van der Waals surface area contributed by atoms with Gasteiger partial charge in [0.2, 0.25) is 0 Å². The van der Waals surface area contributed by atoms with Crippen molar-refractivity contribution in [2.45, 2.75) is 39.8 Å². The normalized spacial score (nSPS) is 18.7. The monoisotopic (exact) mass is 169 g/mol. The predicted octanol–water partition coefficient (Wildman–Crippen LogP) is 1.36. The highest BCUT2D eigenvalue weighted by Crippen LogP contribution is 2.13. The van der Waals surface area contributed by atoms with Crippen molar-refractivity contribution in [1.29, 1.82) is 5.41 Å². The van der Waals surface area contributed by atoms with Crippen molar-refractivity contribution in [3.8, 4) is 0 Å². The summed E-state index contributed by atoms with van der Waals surface area (Å²) >= 11 is 0. The molecule has 0 aliphatic carbocycles. The van der Waals surface area contributed by atoms with Crippen molar-refractivity contribution in [2.24, 2.45) is 0 Å². The van der Waals surface area contributed by atoms with E-state index in [4.69, 9.17) is 5.41 Å². The molecule has 1 fully saturated rings. The molecule has 0 atom stereocenters. The van der Waals surface area contributed by atoms with Gasteiger partial charge >= 0.3 is 0 Å². The molecule has 1 heterocycles. The van der Waals surface area contributed by atoms with Crippen molar-refractivity contribution in [3.05, 3.63) is 0 Å². The lowest BCUT2D eigenvalue weighted by Crippen LogP contribution is -2.39. The molecule has 70 valence electrons. The molecule has 12 heavy (non-hydrogen) atoms. The summed E-state index contributed by atoms with van der Waals surface area (Å²) in [5.41, 5.74) is 0. The second-order valence-corrected chi connectivity index (χ2v) is 3.90. The molecular formula is C9H19N3. The van der Waals surface area contributed by atoms with Crippen LogP contribution in [0.15, 0.2) is 0 Å². The number of nitrogens with one attached hydrogen (secondary N) is 1. The molecule has 0 spiro atoms. The van der Waals surface area contributed by atoms with Gasteiger partial charge < -0.3 is 9.80 Å². The van der Waals surface area contributed by atoms with E-state index in [-0.39, 0.29) is 0 Å². The molecule has 1 saturated heterocycles. The van der Waals surface area contributed by atoms with Crippen molar-refractivity contribution >= 4 is 5.96 Å². The van der Waals surface area contributed by atoms with E-state index in [0.29, 0.717) is 18.0 Å². The van der Waals surface area contributed by atoms with Crippen LogP contribution in [0.5, 0.6) is 0 Å². The summed E-state index contributed by atoms with van der Waals surface area (Å²) in [6.45, 7) is 10.6. The number of hydrogen-bond donors (Lipinski definition) is 1. The third-order valence-electron chi connectivity index (χ3n) is 2.37. The molecule has 0 aromatic carbocycles. The Balaban J connectivity index is 2.61. The zero-order chi connectivity index (χ0) is 9.30. The molecule has 1 N–H and O–H groups in total. The zero-order valence-electron chi connectivity index (χ0n) is 8.46. The van der Waals surface area contributed by atoms with Gasteiger partial charge in [0, 0.05) is 25.2 Å². The lowest BCUT2D eigenvalue weighted by atomic mass is 10.3. The zero-order valence-corrected chi connectivity index (χ0v) is 8.46. The number of rotatable bonds is 2. The lowest BCUT2D eigenvalue weighted by molar-refractivity contribution is 0.373. The van der Waals surface area contributed by atoms with E-state index in [1.165, 1.54) is 0 Å². The van der Waals surface area contributed by atoms with E-state index >= 15 is 0 Å². The summed E-state index contributed by atoms with van der Waals surface area (Å²) in [6, 6.07) is 0.919. The summed E-state index contributed by atoms with van der Waals surface area (Å²) in [4.78, 5) is 4.28. The largest absolute Gasteiger partial charge is 0.339 e. The molecule has 0 saturated carbocycles. The first-order valence-corrected chi connectivity index (χ1v) is 4.66. The second kappa shape index (κ2) is 3.33. The van der Waals surface area contributed by atoms with Gasteiger partial charge in [0.15, 0.2) is 5.96 Å². The van der Waals surface area contributed by atoms with Crippen LogP contribution in [0.25, 0.3) is 0 Å². The molecule has 0 bridgehead atoms. The molecule has 1 aliphatic rings. The Morgan fingerprint density at radius 2 is 1.33 bits per heavy atom. The van der Waals surface area contributed by atoms with E-state index < -0.39 is 0 Å². The average Bonchev–Trinajstić information content (AvgIpc) is 2.30. The van der Waals surface area contributed by atoms with Crippen LogP contribution < -0.4 is 0 Å².